The van der Waals surface area contributed by atoms with Crippen molar-refractivity contribution in [3.8, 4) is 0 Å². The number of likely N-dealkylation sites (N-methyl/N-ethyl adjacent to an activating group) is 2. The Hall–Kier alpha value is -5.65. The zero-order valence-electron chi connectivity index (χ0n) is 48.5. The minimum atomic E-state index is -1.30. The molecule has 15 N–H and O–H groups in total. The van der Waals surface area contributed by atoms with E-state index in [9.17, 15) is 54.3 Å². The van der Waals surface area contributed by atoms with E-state index in [0.717, 1.165) is 36.9 Å². The lowest BCUT2D eigenvalue weighted by atomic mass is 10.0. The molecule has 3 aromatic heterocycles. The van der Waals surface area contributed by atoms with E-state index in [4.69, 9.17) is 34.2 Å². The third-order valence-corrected chi connectivity index (χ3v) is 13.7. The number of hydrogen-bond donors (Lipinski definition) is 14. The van der Waals surface area contributed by atoms with Crippen molar-refractivity contribution >= 4 is 40.5 Å². The SMILES string of the molecule is CCC1OC(c2cn(CCC(=O)NCCNC(=O)CCCCCNC)c(=O)[nH]c2=O)C(O)C1O.CCC1OC(c2nn(CC(=O)NCCOCCOCCNC)c3c(N)ncnc23)C(O)C1O.CNCCNC(=O)C1CC(O)C(COC)O1. The molecule has 0 radical (unpaired) electrons. The Kier molecular flexibility index (Phi) is 31.7. The number of nitrogen functional groups attached to an aromatic ring is 1. The molecule has 31 heteroatoms. The highest BCUT2D eigenvalue weighted by Crippen LogP contribution is 2.38. The molecule has 0 aliphatic carbocycles. The second-order valence-corrected chi connectivity index (χ2v) is 19.9. The molecule has 83 heavy (non-hydrogen) atoms. The number of carbonyl (C=O) groups excluding carboxylic acids is 4. The Bertz CT molecular complexity index is 2540. The molecular weight excluding hydrogens is 1090 g/mol. The zero-order chi connectivity index (χ0) is 60.8. The minimum absolute atomic E-state index is 0.00397. The van der Waals surface area contributed by atoms with Crippen molar-refractivity contribution in [1.29, 1.82) is 0 Å². The van der Waals surface area contributed by atoms with Gasteiger partial charge in [0.05, 0.1) is 56.9 Å². The number of ether oxygens (including phenoxy) is 6. The molecule has 3 aliphatic heterocycles. The van der Waals surface area contributed by atoms with Crippen LogP contribution in [0.15, 0.2) is 22.1 Å². The molecule has 3 fully saturated rings. The highest BCUT2D eigenvalue weighted by atomic mass is 16.6. The fraction of sp³-hybridized carbons (Fsp3) is 0.750. The van der Waals surface area contributed by atoms with Crippen molar-refractivity contribution in [1.82, 2.24) is 66.5 Å². The Balaban J connectivity index is 0.000000284. The Morgan fingerprint density at radius 1 is 0.699 bits per heavy atom. The van der Waals surface area contributed by atoms with Gasteiger partial charge in [0.15, 0.2) is 5.82 Å². The molecule has 0 spiro atoms. The lowest BCUT2D eigenvalue weighted by Gasteiger charge is -2.15. The van der Waals surface area contributed by atoms with Crippen molar-refractivity contribution in [2.75, 3.05) is 113 Å². The van der Waals surface area contributed by atoms with Crippen LogP contribution in [-0.4, -0.2) is 240 Å². The van der Waals surface area contributed by atoms with Crippen molar-refractivity contribution < 1.29 is 73.1 Å². The fourth-order valence-electron chi connectivity index (χ4n) is 9.07. The molecule has 0 saturated carbocycles. The topological polar surface area (TPSA) is 433 Å². The van der Waals surface area contributed by atoms with E-state index in [1.165, 1.54) is 24.3 Å². The number of aromatic nitrogens is 6. The molecule has 0 bridgehead atoms. The number of anilines is 1. The van der Waals surface area contributed by atoms with Crippen LogP contribution >= 0.6 is 0 Å². The molecule has 3 saturated heterocycles. The highest BCUT2D eigenvalue weighted by Gasteiger charge is 2.46. The third kappa shape index (κ3) is 22.1. The van der Waals surface area contributed by atoms with Gasteiger partial charge in [-0.25, -0.2) is 19.4 Å². The number of unbranched alkanes of at least 4 members (excludes halogenated alkanes) is 2. The van der Waals surface area contributed by atoms with Gasteiger partial charge < -0.3 is 96.9 Å². The van der Waals surface area contributed by atoms with Crippen LogP contribution in [0.2, 0.25) is 0 Å². The first kappa shape index (κ1) is 69.8. The van der Waals surface area contributed by atoms with Gasteiger partial charge >= 0.3 is 5.69 Å². The van der Waals surface area contributed by atoms with Gasteiger partial charge in [0, 0.05) is 78.4 Å². The van der Waals surface area contributed by atoms with Crippen molar-refractivity contribution in [2.24, 2.45) is 0 Å². The maximum Gasteiger partial charge on any atom is 0.328 e. The van der Waals surface area contributed by atoms with Crippen molar-refractivity contribution in [2.45, 2.75) is 145 Å². The lowest BCUT2D eigenvalue weighted by Crippen LogP contribution is -2.38. The molecule has 11 atom stereocenters. The molecule has 6 heterocycles. The van der Waals surface area contributed by atoms with Gasteiger partial charge in [0.25, 0.3) is 5.56 Å². The molecule has 11 unspecified atom stereocenters. The number of aryl methyl sites for hydroxylation is 1. The van der Waals surface area contributed by atoms with Crippen LogP contribution in [0.1, 0.15) is 88.7 Å². The van der Waals surface area contributed by atoms with Gasteiger partial charge in [-0.15, -0.1) is 0 Å². The molecule has 0 aromatic carbocycles. The molecule has 31 nitrogen and oxygen atoms in total. The van der Waals surface area contributed by atoms with Gasteiger partial charge in [-0.3, -0.25) is 33.5 Å². The Morgan fingerprint density at radius 3 is 1.93 bits per heavy atom. The Labute approximate surface area is 481 Å². The number of amides is 4. The number of rotatable bonds is 33. The van der Waals surface area contributed by atoms with E-state index in [1.54, 1.807) is 6.92 Å². The highest BCUT2D eigenvalue weighted by molar-refractivity contribution is 5.88. The number of hydrogen-bond acceptors (Lipinski definition) is 24. The predicted molar refractivity (Wildman–Crippen MR) is 301 cm³/mol. The quantitative estimate of drug-likeness (QED) is 0.0255. The molecule has 3 aliphatic rings. The van der Waals surface area contributed by atoms with Gasteiger partial charge in [-0.05, 0) is 53.4 Å². The van der Waals surface area contributed by atoms with Crippen LogP contribution < -0.4 is 54.2 Å². The molecule has 470 valence electrons. The first-order valence-electron chi connectivity index (χ1n) is 28.3. The minimum Gasteiger partial charge on any atom is -0.390 e. The predicted octanol–water partition coefficient (Wildman–Crippen LogP) is -4.65. The number of nitrogens with one attached hydrogen (secondary N) is 8. The van der Waals surface area contributed by atoms with Crippen LogP contribution in [0.4, 0.5) is 5.82 Å². The average Bonchev–Trinajstić information content (AvgIpc) is 4.08. The van der Waals surface area contributed by atoms with E-state index in [1.807, 2.05) is 28.1 Å². The summed E-state index contributed by atoms with van der Waals surface area (Å²) >= 11 is 0. The standard InChI is InChI=1S/C22H37N5O7.C20H33N7O6.C10H20N2O4/c1-3-15-18(30)19(31)20(34-15)14-13-27(22(33)26-21(14)32)12-8-17(29)25-11-10-24-16(28)7-5-4-6-9-23-2;1-3-12-17(29)18(30)19(33-12)15-14-16(20(21)25-11-24-14)27(26-15)10-13(28)23-5-7-32-9-8-31-6-4-22-2;1-11-3-4-12-10(14)8-5-7(13)9(16-8)6-15-2/h13,15,18-20,23,30-31H,3-12H2,1-2H3,(H,24,28)(H,25,29)(H,26,32,33);11-12,17-19,22,29-30H,3-10H2,1-2H3,(H,23,28)(H2,21,24,25);7-9,11,13H,3-6H2,1-2H3,(H,12,14). The van der Waals surface area contributed by atoms with E-state index >= 15 is 0 Å². The van der Waals surface area contributed by atoms with Crippen LogP contribution in [0.25, 0.3) is 11.0 Å². The molecule has 3 aromatic rings. The second kappa shape index (κ2) is 37.6. The van der Waals surface area contributed by atoms with Crippen LogP contribution in [0.5, 0.6) is 0 Å². The second-order valence-electron chi connectivity index (χ2n) is 19.9. The number of aromatic amines is 1. The summed E-state index contributed by atoms with van der Waals surface area (Å²) in [6.07, 6.45) is -2.29. The normalized spacial score (nSPS) is 23.7. The van der Waals surface area contributed by atoms with E-state index in [2.05, 4.69) is 57.3 Å². The number of H-pyrrole nitrogens is 1. The molecule has 4 amide bonds. The number of carbonyl (C=O) groups is 4. The number of aliphatic hydroxyl groups is 5. The summed E-state index contributed by atoms with van der Waals surface area (Å²) in [4.78, 5) is 82.7. The number of nitrogens with two attached hydrogens (primary N) is 1. The fourth-order valence-corrected chi connectivity index (χ4v) is 9.07. The van der Waals surface area contributed by atoms with Crippen molar-refractivity contribution in [3.05, 3.63) is 44.6 Å². The maximum absolute atomic E-state index is 12.5. The van der Waals surface area contributed by atoms with Crippen LogP contribution in [0.3, 0.4) is 0 Å². The zero-order valence-corrected chi connectivity index (χ0v) is 48.5. The van der Waals surface area contributed by atoms with Crippen LogP contribution in [-0.2, 0) is 60.7 Å². The maximum atomic E-state index is 12.5. The summed E-state index contributed by atoms with van der Waals surface area (Å²) in [5.74, 6) is -0.707. The average molecular weight is 1180 g/mol. The smallest absolute Gasteiger partial charge is 0.328 e. The summed E-state index contributed by atoms with van der Waals surface area (Å²) in [5, 5.41) is 74.9. The number of nitrogens with zero attached hydrogens (tertiary/aromatic N) is 5. The first-order chi connectivity index (χ1) is 39.9. The number of aliphatic hydroxyl groups excluding tert-OH is 5. The van der Waals surface area contributed by atoms with Gasteiger partial charge in [0.2, 0.25) is 23.6 Å². The van der Waals surface area contributed by atoms with Gasteiger partial charge in [-0.2, -0.15) is 5.10 Å². The summed E-state index contributed by atoms with van der Waals surface area (Å²) < 4.78 is 35.0. The number of fused-ring (bicyclic) bond motifs is 1. The third-order valence-electron chi connectivity index (χ3n) is 13.7. The largest absolute Gasteiger partial charge is 0.390 e. The van der Waals surface area contributed by atoms with E-state index < -0.39 is 78.4 Å². The summed E-state index contributed by atoms with van der Waals surface area (Å²) in [6, 6.07) is 0. The number of methoxy groups -OCH3 is 1. The summed E-state index contributed by atoms with van der Waals surface area (Å²) in [7, 11) is 7.10. The molecule has 6 rings (SSSR count). The van der Waals surface area contributed by atoms with Gasteiger partial charge in [0.1, 0.15) is 78.4 Å². The molecular formula is C52H90N14O17. The van der Waals surface area contributed by atoms with Crippen LogP contribution in [0, 0.1) is 0 Å². The van der Waals surface area contributed by atoms with E-state index in [0.29, 0.717) is 102 Å². The van der Waals surface area contributed by atoms with Gasteiger partial charge in [-0.1, -0.05) is 20.3 Å². The monoisotopic (exact) mass is 1180 g/mol. The van der Waals surface area contributed by atoms with E-state index in [-0.39, 0.29) is 61.1 Å². The first-order valence-corrected chi connectivity index (χ1v) is 28.3. The lowest BCUT2D eigenvalue weighted by molar-refractivity contribution is -0.133. The van der Waals surface area contributed by atoms with Crippen molar-refractivity contribution in [3.63, 3.8) is 0 Å². The summed E-state index contributed by atoms with van der Waals surface area (Å²) in [5.41, 5.74) is 5.67. The summed E-state index contributed by atoms with van der Waals surface area (Å²) in [6.45, 7) is 9.55. The Morgan fingerprint density at radius 2 is 1.30 bits per heavy atom.